The minimum atomic E-state index is -4.40. The minimum Gasteiger partial charge on any atom is -0.493 e. The van der Waals surface area contributed by atoms with Crippen LogP contribution in [0.4, 0.5) is 17.6 Å². The van der Waals surface area contributed by atoms with Crippen molar-refractivity contribution < 1.29 is 31.8 Å². The summed E-state index contributed by atoms with van der Waals surface area (Å²) in [5, 5.41) is 5.96. The summed E-state index contributed by atoms with van der Waals surface area (Å²) in [6.45, 7) is 0. The number of nitrogens with one attached hydrogen (secondary N) is 2. The first-order valence-electron chi connectivity index (χ1n) is 11.3. The van der Waals surface area contributed by atoms with Crippen LogP contribution in [0.15, 0.2) is 66.7 Å². The van der Waals surface area contributed by atoms with Crippen molar-refractivity contribution in [2.45, 2.75) is 31.1 Å². The number of halogens is 4. The van der Waals surface area contributed by atoms with E-state index in [0.29, 0.717) is 35.5 Å². The largest absolute Gasteiger partial charge is 0.493 e. The van der Waals surface area contributed by atoms with Crippen LogP contribution in [0.5, 0.6) is 11.5 Å². The molecular formula is C27H28F4N2O3. The maximum atomic E-state index is 13.5. The lowest BCUT2D eigenvalue weighted by Gasteiger charge is -2.26. The van der Waals surface area contributed by atoms with Gasteiger partial charge in [-0.3, -0.25) is 10.1 Å². The van der Waals surface area contributed by atoms with Crippen LogP contribution in [0, 0.1) is 5.82 Å². The molecule has 1 amide bonds. The fourth-order valence-electron chi connectivity index (χ4n) is 3.91. The number of likely N-dealkylation sites (N-methyl/N-ethyl adjacent to an activating group) is 1. The third kappa shape index (κ3) is 6.75. The zero-order valence-electron chi connectivity index (χ0n) is 20.2. The Labute approximate surface area is 207 Å². The number of alkyl halides is 3. The molecule has 9 heteroatoms. The highest BCUT2D eigenvalue weighted by atomic mass is 19.4. The molecule has 36 heavy (non-hydrogen) atoms. The van der Waals surface area contributed by atoms with E-state index in [1.54, 1.807) is 12.1 Å². The Balaban J connectivity index is 1.93. The Morgan fingerprint density at radius 2 is 1.50 bits per heavy atom. The van der Waals surface area contributed by atoms with Crippen LogP contribution >= 0.6 is 0 Å². The molecule has 0 bridgehead atoms. The van der Waals surface area contributed by atoms with E-state index in [1.165, 1.54) is 57.7 Å². The van der Waals surface area contributed by atoms with Crippen molar-refractivity contribution in [3.63, 3.8) is 0 Å². The van der Waals surface area contributed by atoms with Crippen molar-refractivity contribution in [2.24, 2.45) is 0 Å². The lowest BCUT2D eigenvalue weighted by atomic mass is 9.95. The van der Waals surface area contributed by atoms with Crippen molar-refractivity contribution in [2.75, 3.05) is 21.3 Å². The fourth-order valence-corrected chi connectivity index (χ4v) is 3.91. The van der Waals surface area contributed by atoms with Crippen LogP contribution in [0.25, 0.3) is 0 Å². The van der Waals surface area contributed by atoms with Crippen LogP contribution in [-0.2, 0) is 17.4 Å². The van der Waals surface area contributed by atoms with Gasteiger partial charge in [-0.15, -0.1) is 0 Å². The van der Waals surface area contributed by atoms with Gasteiger partial charge >= 0.3 is 6.18 Å². The topological polar surface area (TPSA) is 59.6 Å². The van der Waals surface area contributed by atoms with Crippen LogP contribution in [0.3, 0.4) is 0 Å². The van der Waals surface area contributed by atoms with E-state index in [0.717, 1.165) is 17.7 Å². The SMILES string of the molecule is CNC(=O)[C@@H](N[C@H](CCc1ccc(C(F)(F)F)cc1)c1ccc(OC)c(OC)c1)c1ccc(F)cc1. The highest BCUT2D eigenvalue weighted by molar-refractivity contribution is 5.83. The standard InChI is InChI=1S/C27H28F4N2O3/c1-32-26(34)25(18-7-12-21(28)13-8-18)33-22(19-9-15-23(35-2)24(16-19)36-3)14-6-17-4-10-20(11-5-17)27(29,30)31/h4-5,7-13,15-16,22,25,33H,6,14H2,1-3H3,(H,32,34)/t22-,25+/m1/s1. The molecule has 0 aliphatic rings. The first-order chi connectivity index (χ1) is 17.2. The molecule has 0 fully saturated rings. The quantitative estimate of drug-likeness (QED) is 0.352. The highest BCUT2D eigenvalue weighted by Gasteiger charge is 2.30. The Hall–Kier alpha value is -3.59. The lowest BCUT2D eigenvalue weighted by Crippen LogP contribution is -2.38. The number of aryl methyl sites for hydroxylation is 1. The Morgan fingerprint density at radius 1 is 0.889 bits per heavy atom. The van der Waals surface area contributed by atoms with Crippen molar-refractivity contribution >= 4 is 5.91 Å². The van der Waals surface area contributed by atoms with Crippen LogP contribution in [-0.4, -0.2) is 27.2 Å². The monoisotopic (exact) mass is 504 g/mol. The maximum Gasteiger partial charge on any atom is 0.416 e. The number of methoxy groups -OCH3 is 2. The van der Waals surface area contributed by atoms with E-state index in [2.05, 4.69) is 10.6 Å². The van der Waals surface area contributed by atoms with E-state index < -0.39 is 29.6 Å². The molecule has 0 spiro atoms. The fraction of sp³-hybridized carbons (Fsp3) is 0.296. The van der Waals surface area contributed by atoms with Gasteiger partial charge in [-0.1, -0.05) is 30.3 Å². The number of hydrogen-bond acceptors (Lipinski definition) is 4. The number of carbonyl (C=O) groups is 1. The predicted molar refractivity (Wildman–Crippen MR) is 128 cm³/mol. The lowest BCUT2D eigenvalue weighted by molar-refractivity contribution is -0.137. The zero-order valence-corrected chi connectivity index (χ0v) is 20.2. The summed E-state index contributed by atoms with van der Waals surface area (Å²) in [6.07, 6.45) is -3.51. The summed E-state index contributed by atoms with van der Waals surface area (Å²) >= 11 is 0. The maximum absolute atomic E-state index is 13.5. The molecule has 0 aliphatic heterocycles. The molecule has 0 unspecified atom stereocenters. The molecule has 0 radical (unpaired) electrons. The zero-order chi connectivity index (χ0) is 26.3. The van der Waals surface area contributed by atoms with Crippen LogP contribution in [0.2, 0.25) is 0 Å². The highest BCUT2D eigenvalue weighted by Crippen LogP contribution is 2.33. The van der Waals surface area contributed by atoms with Crippen molar-refractivity contribution in [1.82, 2.24) is 10.6 Å². The first-order valence-corrected chi connectivity index (χ1v) is 11.3. The van der Waals surface area contributed by atoms with Gasteiger partial charge in [-0.25, -0.2) is 4.39 Å². The van der Waals surface area contributed by atoms with Gasteiger partial charge in [0.05, 0.1) is 19.8 Å². The molecule has 5 nitrogen and oxygen atoms in total. The van der Waals surface area contributed by atoms with Crippen LogP contribution in [0.1, 0.15) is 40.8 Å². The Bertz CT molecular complexity index is 1150. The molecule has 2 atom stereocenters. The molecule has 0 aliphatic carbocycles. The first kappa shape index (κ1) is 27.0. The normalized spacial score (nSPS) is 13.1. The number of hydrogen-bond donors (Lipinski definition) is 2. The van der Waals surface area contributed by atoms with E-state index in [1.807, 2.05) is 6.07 Å². The summed E-state index contributed by atoms with van der Waals surface area (Å²) < 4.78 is 63.1. The molecule has 0 aromatic heterocycles. The van der Waals surface area contributed by atoms with E-state index in [4.69, 9.17) is 9.47 Å². The Morgan fingerprint density at radius 3 is 2.06 bits per heavy atom. The molecule has 0 saturated carbocycles. The molecule has 3 aromatic carbocycles. The second-order valence-corrected chi connectivity index (χ2v) is 8.17. The van der Waals surface area contributed by atoms with E-state index in [-0.39, 0.29) is 5.91 Å². The van der Waals surface area contributed by atoms with Crippen molar-refractivity contribution in [3.05, 3.63) is 94.8 Å². The van der Waals surface area contributed by atoms with Gasteiger partial charge in [0.25, 0.3) is 0 Å². The average molecular weight is 505 g/mol. The van der Waals surface area contributed by atoms with Crippen LogP contribution < -0.4 is 20.1 Å². The number of rotatable bonds is 10. The Kier molecular flexibility index (Phi) is 8.93. The summed E-state index contributed by atoms with van der Waals surface area (Å²) in [5.41, 5.74) is 1.36. The summed E-state index contributed by atoms with van der Waals surface area (Å²) in [6, 6.07) is 14.8. The smallest absolute Gasteiger partial charge is 0.416 e. The summed E-state index contributed by atoms with van der Waals surface area (Å²) in [7, 11) is 4.54. The van der Waals surface area contributed by atoms with E-state index >= 15 is 0 Å². The molecule has 3 rings (SSSR count). The summed E-state index contributed by atoms with van der Waals surface area (Å²) in [5.74, 6) is 0.286. The van der Waals surface area contributed by atoms with Gasteiger partial charge in [0.2, 0.25) is 5.91 Å². The molecule has 3 aromatic rings. The number of carbonyl (C=O) groups excluding carboxylic acids is 1. The molecular weight excluding hydrogens is 476 g/mol. The molecule has 0 saturated heterocycles. The van der Waals surface area contributed by atoms with Gasteiger partial charge in [0, 0.05) is 13.1 Å². The van der Waals surface area contributed by atoms with E-state index in [9.17, 15) is 22.4 Å². The molecule has 192 valence electrons. The average Bonchev–Trinajstić information content (AvgIpc) is 2.88. The van der Waals surface area contributed by atoms with Crippen molar-refractivity contribution in [1.29, 1.82) is 0 Å². The third-order valence-electron chi connectivity index (χ3n) is 5.89. The summed E-state index contributed by atoms with van der Waals surface area (Å²) in [4.78, 5) is 12.8. The van der Waals surface area contributed by atoms with Gasteiger partial charge < -0.3 is 14.8 Å². The van der Waals surface area contributed by atoms with Gasteiger partial charge in [0.1, 0.15) is 11.9 Å². The minimum absolute atomic E-state index is 0.318. The number of ether oxygens (including phenoxy) is 2. The number of amides is 1. The molecule has 2 N–H and O–H groups in total. The van der Waals surface area contributed by atoms with Gasteiger partial charge in [0.15, 0.2) is 11.5 Å². The second kappa shape index (κ2) is 11.9. The predicted octanol–water partition coefficient (Wildman–Crippen LogP) is 5.61. The second-order valence-electron chi connectivity index (χ2n) is 8.17. The number of benzene rings is 3. The third-order valence-corrected chi connectivity index (χ3v) is 5.89. The van der Waals surface area contributed by atoms with Gasteiger partial charge in [-0.2, -0.15) is 13.2 Å². The van der Waals surface area contributed by atoms with Gasteiger partial charge in [-0.05, 0) is 65.9 Å². The van der Waals surface area contributed by atoms with Crippen molar-refractivity contribution in [3.8, 4) is 11.5 Å². The molecule has 0 heterocycles.